The van der Waals surface area contributed by atoms with Gasteiger partial charge in [0.15, 0.2) is 0 Å². The van der Waals surface area contributed by atoms with Gasteiger partial charge in [0.25, 0.3) is 0 Å². The molecule has 0 rings (SSSR count). The first-order valence-corrected chi connectivity index (χ1v) is 11.7. The zero-order valence-corrected chi connectivity index (χ0v) is 18.4. The fraction of sp³-hybridized carbons (Fsp3) is 1.00. The average molecular weight is 470 g/mol. The number of halogens is 2. The van der Waals surface area contributed by atoms with Gasteiger partial charge in [-0.25, -0.2) is 17.9 Å². The summed E-state index contributed by atoms with van der Waals surface area (Å²) in [6, 6.07) is -1.03. The largest absolute Gasteiger partial charge is 0.472 e. The van der Waals surface area contributed by atoms with Crippen LogP contribution in [-0.4, -0.2) is 98.5 Å². The zero-order chi connectivity index (χ0) is 22.8. The van der Waals surface area contributed by atoms with Crippen molar-refractivity contribution < 1.29 is 60.7 Å². The van der Waals surface area contributed by atoms with Crippen LogP contribution >= 0.6 is 15.6 Å². The first kappa shape index (κ1) is 29.1. The Balaban J connectivity index is 5.18. The summed E-state index contributed by atoms with van der Waals surface area (Å²) in [5.41, 5.74) is 0. The SMILES string of the molecule is B[C@@H](C)OC(CO)C(CF)OP(=O)(O)OCC(O[C@@H](B)C)[C@@H](CF)OP(=O)(O)O. The standard InChI is InChI=1S/C12H28B2F2O11P2/c1-7(13)24-11(5-17)9(3-15)27-29(21,22)23-6-12(25-8(2)14)10(4-16)26-28(18,19)20/h7-12,17H,3-6,13-14H2,1-2H3,(H,21,22)(H2,18,19,20)/t7-,8-,9?,10-,11?,12?/m1/s1. The van der Waals surface area contributed by atoms with Crippen LogP contribution < -0.4 is 0 Å². The predicted molar refractivity (Wildman–Crippen MR) is 102 cm³/mol. The highest BCUT2D eigenvalue weighted by molar-refractivity contribution is 7.47. The molecule has 0 fully saturated rings. The van der Waals surface area contributed by atoms with E-state index >= 15 is 0 Å². The van der Waals surface area contributed by atoms with E-state index in [-0.39, 0.29) is 0 Å². The number of phosphoric ester groups is 2. The highest BCUT2D eigenvalue weighted by Crippen LogP contribution is 2.46. The fourth-order valence-corrected chi connectivity index (χ4v) is 3.59. The van der Waals surface area contributed by atoms with Crippen LogP contribution in [-0.2, 0) is 32.2 Å². The molecule has 172 valence electrons. The first-order valence-electron chi connectivity index (χ1n) is 8.68. The Kier molecular flexibility index (Phi) is 13.5. The van der Waals surface area contributed by atoms with Crippen molar-refractivity contribution in [2.75, 3.05) is 26.6 Å². The Bertz CT molecular complexity index is 554. The van der Waals surface area contributed by atoms with Crippen molar-refractivity contribution in [2.45, 2.75) is 50.3 Å². The monoisotopic (exact) mass is 470 g/mol. The molecule has 7 atom stereocenters. The van der Waals surface area contributed by atoms with Gasteiger partial charge in [-0.2, -0.15) is 0 Å². The Hall–Kier alpha value is 0.0899. The summed E-state index contributed by atoms with van der Waals surface area (Å²) in [5.74, 6) is 0. The molecule has 4 N–H and O–H groups in total. The zero-order valence-electron chi connectivity index (χ0n) is 16.6. The molecule has 4 unspecified atom stereocenters. The highest BCUT2D eigenvalue weighted by Gasteiger charge is 2.37. The number of aliphatic hydroxyl groups excluding tert-OH is 1. The van der Waals surface area contributed by atoms with Crippen molar-refractivity contribution in [3.8, 4) is 0 Å². The van der Waals surface area contributed by atoms with E-state index in [4.69, 9.17) is 23.8 Å². The molecule has 17 heteroatoms. The van der Waals surface area contributed by atoms with Gasteiger partial charge in [-0.3, -0.25) is 13.6 Å². The van der Waals surface area contributed by atoms with E-state index in [2.05, 4.69) is 9.05 Å². The number of hydrogen-bond acceptors (Lipinski definition) is 8. The van der Waals surface area contributed by atoms with E-state index in [1.807, 2.05) is 0 Å². The third kappa shape index (κ3) is 13.2. The van der Waals surface area contributed by atoms with E-state index in [1.165, 1.54) is 14.8 Å². The van der Waals surface area contributed by atoms with Crippen molar-refractivity contribution in [1.29, 1.82) is 0 Å². The smallest absolute Gasteiger partial charge is 0.394 e. The molecule has 0 spiro atoms. The molecular formula is C12H28B2F2O11P2. The molecule has 0 heterocycles. The van der Waals surface area contributed by atoms with Crippen LogP contribution in [0.5, 0.6) is 0 Å². The van der Waals surface area contributed by atoms with E-state index < -0.39 is 78.6 Å². The Morgan fingerprint density at radius 1 is 0.862 bits per heavy atom. The second kappa shape index (κ2) is 13.5. The molecule has 0 aromatic rings. The van der Waals surface area contributed by atoms with Crippen LogP contribution in [0, 0.1) is 0 Å². The lowest BCUT2D eigenvalue weighted by Crippen LogP contribution is -2.40. The maximum atomic E-state index is 13.2. The summed E-state index contributed by atoms with van der Waals surface area (Å²) < 4.78 is 73.6. The van der Waals surface area contributed by atoms with Crippen LogP contribution in [0.25, 0.3) is 0 Å². The quantitative estimate of drug-likeness (QED) is 0.156. The molecule has 0 radical (unpaired) electrons. The van der Waals surface area contributed by atoms with E-state index in [0.717, 1.165) is 0 Å². The normalized spacial score (nSPS) is 21.0. The number of hydrogen-bond donors (Lipinski definition) is 4. The molecule has 11 nitrogen and oxygen atoms in total. The van der Waals surface area contributed by atoms with E-state index in [9.17, 15) is 27.9 Å². The van der Waals surface area contributed by atoms with E-state index in [1.54, 1.807) is 14.8 Å². The highest BCUT2D eigenvalue weighted by atomic mass is 31.2. The lowest BCUT2D eigenvalue weighted by atomic mass is 10.0. The predicted octanol–water partition coefficient (Wildman–Crippen LogP) is -1.37. The first-order chi connectivity index (χ1) is 13.2. The minimum Gasteiger partial charge on any atom is -0.394 e. The second-order valence-electron chi connectivity index (χ2n) is 6.48. The number of alkyl halides is 2. The van der Waals surface area contributed by atoms with Gasteiger partial charge in [-0.1, -0.05) is 0 Å². The summed E-state index contributed by atoms with van der Waals surface area (Å²) in [4.78, 5) is 27.5. The summed E-state index contributed by atoms with van der Waals surface area (Å²) in [6.45, 7) is -1.14. The number of rotatable bonds is 16. The van der Waals surface area contributed by atoms with Gasteiger partial charge < -0.3 is 29.3 Å². The van der Waals surface area contributed by atoms with Gasteiger partial charge in [0.2, 0.25) is 0 Å². The molecule has 0 amide bonds. The van der Waals surface area contributed by atoms with Gasteiger partial charge in [0.05, 0.1) is 13.2 Å². The Labute approximate surface area is 169 Å². The van der Waals surface area contributed by atoms with Gasteiger partial charge in [0, 0.05) is 12.0 Å². The van der Waals surface area contributed by atoms with Crippen molar-refractivity contribution in [2.24, 2.45) is 0 Å². The van der Waals surface area contributed by atoms with Crippen molar-refractivity contribution in [3.63, 3.8) is 0 Å². The second-order valence-corrected chi connectivity index (χ2v) is 9.08. The van der Waals surface area contributed by atoms with Gasteiger partial charge in [-0.05, 0) is 13.8 Å². The van der Waals surface area contributed by atoms with Crippen LogP contribution in [0.15, 0.2) is 0 Å². The minimum absolute atomic E-state index is 0.442. The number of aliphatic hydroxyl groups is 1. The van der Waals surface area contributed by atoms with Crippen LogP contribution in [0.3, 0.4) is 0 Å². The third-order valence-corrected chi connectivity index (χ3v) is 4.71. The molecule has 0 aliphatic carbocycles. The fourth-order valence-electron chi connectivity index (χ4n) is 2.12. The molecule has 0 aromatic heterocycles. The number of phosphoric acid groups is 2. The summed E-state index contributed by atoms with van der Waals surface area (Å²) in [7, 11) is -6.94. The third-order valence-electron chi connectivity index (χ3n) is 3.15. The molecule has 0 saturated heterocycles. The van der Waals surface area contributed by atoms with Crippen molar-refractivity contribution in [1.82, 2.24) is 0 Å². The molecule has 29 heavy (non-hydrogen) atoms. The Morgan fingerprint density at radius 3 is 1.69 bits per heavy atom. The molecule has 0 aromatic carbocycles. The molecule has 0 aliphatic heterocycles. The van der Waals surface area contributed by atoms with Crippen molar-refractivity contribution >= 4 is 31.3 Å². The topological polar surface area (TPSA) is 161 Å². The van der Waals surface area contributed by atoms with Gasteiger partial charge >= 0.3 is 15.6 Å². The maximum absolute atomic E-state index is 13.2. The van der Waals surface area contributed by atoms with Gasteiger partial charge in [-0.15, -0.1) is 0 Å². The lowest BCUT2D eigenvalue weighted by molar-refractivity contribution is -0.0896. The van der Waals surface area contributed by atoms with Crippen LogP contribution in [0.1, 0.15) is 13.8 Å². The lowest BCUT2D eigenvalue weighted by Gasteiger charge is -2.29. The summed E-state index contributed by atoms with van der Waals surface area (Å²) in [5, 5.41) is 9.27. The molecule has 0 bridgehead atoms. The minimum atomic E-state index is -5.09. The van der Waals surface area contributed by atoms with Crippen molar-refractivity contribution in [3.05, 3.63) is 0 Å². The maximum Gasteiger partial charge on any atom is 0.472 e. The summed E-state index contributed by atoms with van der Waals surface area (Å²) in [6.07, 6.45) is -6.22. The van der Waals surface area contributed by atoms with Crippen LogP contribution in [0.2, 0.25) is 0 Å². The molecule has 0 saturated carbocycles. The van der Waals surface area contributed by atoms with Gasteiger partial charge in [0.1, 0.15) is 53.5 Å². The Morgan fingerprint density at radius 2 is 1.31 bits per heavy atom. The molecule has 0 aliphatic rings. The summed E-state index contributed by atoms with van der Waals surface area (Å²) >= 11 is 0. The molecular weight excluding hydrogens is 442 g/mol. The van der Waals surface area contributed by atoms with E-state index in [0.29, 0.717) is 0 Å². The number of ether oxygens (including phenoxy) is 2. The van der Waals surface area contributed by atoms with Crippen LogP contribution in [0.4, 0.5) is 8.78 Å². The average Bonchev–Trinajstić information content (AvgIpc) is 2.58.